The zero-order valence-corrected chi connectivity index (χ0v) is 11.0. The fourth-order valence-corrected chi connectivity index (χ4v) is 0.841. The molecule has 0 spiro atoms. The van der Waals surface area contributed by atoms with Crippen molar-refractivity contribution < 1.29 is 32.7 Å². The van der Waals surface area contributed by atoms with Gasteiger partial charge >= 0.3 is 0 Å². The average molecular weight is 257 g/mol. The van der Waals surface area contributed by atoms with Crippen LogP contribution in [0.15, 0.2) is 0 Å². The molecule has 0 fully saturated rings. The van der Waals surface area contributed by atoms with Crippen LogP contribution in [-0.2, 0) is 39.1 Å². The Labute approximate surface area is 107 Å². The third-order valence-corrected chi connectivity index (χ3v) is 1.22. The molecular weight excluding hydrogens is 239 g/mol. The van der Waals surface area contributed by atoms with Crippen LogP contribution in [0.25, 0.3) is 0 Å². The first-order valence-corrected chi connectivity index (χ1v) is 3.40. The summed E-state index contributed by atoms with van der Waals surface area (Å²) in [7, 11) is 0. The number of aromatic nitrogens is 3. The summed E-state index contributed by atoms with van der Waals surface area (Å²) in [6.07, 6.45) is 0.879. The van der Waals surface area contributed by atoms with Gasteiger partial charge < -0.3 is 7.43 Å². The molecule has 1 aromatic rings. The van der Waals surface area contributed by atoms with Crippen LogP contribution in [0.3, 0.4) is 0 Å². The van der Waals surface area contributed by atoms with Crippen molar-refractivity contribution in [1.29, 1.82) is 0 Å². The van der Waals surface area contributed by atoms with Crippen molar-refractivity contribution in [2.45, 2.75) is 34.6 Å². The molecular formula is C9H18N3Y-. The Morgan fingerprint density at radius 1 is 1.00 bits per heavy atom. The van der Waals surface area contributed by atoms with Crippen LogP contribution in [0.4, 0.5) is 0 Å². The summed E-state index contributed by atoms with van der Waals surface area (Å²) in [4.78, 5) is 12.3. The fourth-order valence-electron chi connectivity index (χ4n) is 0.841. The van der Waals surface area contributed by atoms with E-state index in [-0.39, 0.29) is 47.6 Å². The van der Waals surface area contributed by atoms with E-state index >= 15 is 0 Å². The molecule has 0 saturated carbocycles. The summed E-state index contributed by atoms with van der Waals surface area (Å²) >= 11 is 0. The summed E-state index contributed by atoms with van der Waals surface area (Å²) in [5.74, 6) is 2.50. The van der Waals surface area contributed by atoms with Gasteiger partial charge in [0.05, 0.1) is 0 Å². The minimum absolute atomic E-state index is 0. The maximum Gasteiger partial charge on any atom is 0.132 e. The van der Waals surface area contributed by atoms with Gasteiger partial charge in [0.25, 0.3) is 0 Å². The van der Waals surface area contributed by atoms with E-state index in [2.05, 4.69) is 15.0 Å². The van der Waals surface area contributed by atoms with Crippen molar-refractivity contribution in [3.05, 3.63) is 24.9 Å². The van der Waals surface area contributed by atoms with E-state index < -0.39 is 0 Å². The number of rotatable bonds is 1. The van der Waals surface area contributed by atoms with Crippen molar-refractivity contribution in [3.8, 4) is 0 Å². The van der Waals surface area contributed by atoms with Gasteiger partial charge in [0.15, 0.2) is 0 Å². The Morgan fingerprint density at radius 3 is 1.69 bits per heavy atom. The predicted octanol–water partition coefficient (Wildman–Crippen LogP) is 2.13. The second-order valence-electron chi connectivity index (χ2n) is 2.20. The quantitative estimate of drug-likeness (QED) is 0.723. The van der Waals surface area contributed by atoms with Crippen LogP contribution in [0.1, 0.15) is 31.8 Å². The molecule has 4 heteroatoms. The maximum atomic E-state index is 4.13. The molecule has 1 radical (unpaired) electrons. The summed E-state index contributed by atoms with van der Waals surface area (Å²) in [6, 6.07) is 0. The Bertz CT molecular complexity index is 218. The molecule has 0 unspecified atom stereocenters. The molecule has 3 nitrogen and oxygen atoms in total. The van der Waals surface area contributed by atoms with Gasteiger partial charge in [-0.15, -0.1) is 0 Å². The zero-order chi connectivity index (χ0) is 7.56. The zero-order valence-electron chi connectivity index (χ0n) is 8.13. The molecule has 0 N–H and O–H groups in total. The van der Waals surface area contributed by atoms with Crippen molar-refractivity contribution in [2.75, 3.05) is 0 Å². The molecule has 1 aromatic heterocycles. The van der Waals surface area contributed by atoms with Gasteiger partial charge in [-0.05, 0) is 13.8 Å². The molecule has 0 saturated heterocycles. The number of nitrogens with zero attached hydrogens (tertiary/aromatic N) is 3. The standard InChI is InChI=1S/C7H11N3.CH4.CH3.Y/c1-4-7-9-5(2)8-6(3)10-7;;;/h4H2,1-3H3;1H4;1H3;/q;;-1;. The van der Waals surface area contributed by atoms with E-state index in [0.717, 1.165) is 23.9 Å². The van der Waals surface area contributed by atoms with Gasteiger partial charge in [-0.1, -0.05) is 14.4 Å². The molecule has 0 aliphatic rings. The first-order chi connectivity index (χ1) is 4.72. The molecule has 0 amide bonds. The van der Waals surface area contributed by atoms with Crippen molar-refractivity contribution in [2.24, 2.45) is 0 Å². The summed E-state index contributed by atoms with van der Waals surface area (Å²) in [5.41, 5.74) is 0. The number of hydrogen-bond donors (Lipinski definition) is 0. The second kappa shape index (κ2) is 8.70. The van der Waals surface area contributed by atoms with Gasteiger partial charge in [0, 0.05) is 39.1 Å². The Hall–Kier alpha value is 0.114. The minimum Gasteiger partial charge on any atom is -0.358 e. The number of aryl methyl sites for hydroxylation is 3. The topological polar surface area (TPSA) is 38.7 Å². The molecule has 73 valence electrons. The number of hydrogen-bond acceptors (Lipinski definition) is 3. The Kier molecular flexibility index (Phi) is 12.6. The molecule has 1 heterocycles. The second-order valence-corrected chi connectivity index (χ2v) is 2.20. The van der Waals surface area contributed by atoms with Gasteiger partial charge in [-0.3, -0.25) is 0 Å². The van der Waals surface area contributed by atoms with E-state index in [1.165, 1.54) is 0 Å². The van der Waals surface area contributed by atoms with E-state index in [9.17, 15) is 0 Å². The maximum absolute atomic E-state index is 4.13. The molecule has 0 aliphatic carbocycles. The predicted molar refractivity (Wildman–Crippen MR) is 51.8 cm³/mol. The monoisotopic (exact) mass is 257 g/mol. The molecule has 0 bridgehead atoms. The average Bonchev–Trinajstić information content (AvgIpc) is 1.85. The first kappa shape index (κ1) is 18.8. The van der Waals surface area contributed by atoms with Crippen LogP contribution in [0, 0.1) is 21.3 Å². The van der Waals surface area contributed by atoms with E-state index in [4.69, 9.17) is 0 Å². The van der Waals surface area contributed by atoms with E-state index in [1.54, 1.807) is 0 Å². The summed E-state index contributed by atoms with van der Waals surface area (Å²) in [5, 5.41) is 0. The van der Waals surface area contributed by atoms with Crippen LogP contribution < -0.4 is 0 Å². The minimum atomic E-state index is 0. The largest absolute Gasteiger partial charge is 0.358 e. The van der Waals surface area contributed by atoms with Crippen molar-refractivity contribution in [3.63, 3.8) is 0 Å². The smallest absolute Gasteiger partial charge is 0.132 e. The van der Waals surface area contributed by atoms with E-state index in [0.29, 0.717) is 0 Å². The van der Waals surface area contributed by atoms with Gasteiger partial charge in [-0.2, -0.15) is 0 Å². The third-order valence-electron chi connectivity index (χ3n) is 1.22. The normalized spacial score (nSPS) is 7.62. The molecule has 13 heavy (non-hydrogen) atoms. The van der Waals surface area contributed by atoms with Crippen molar-refractivity contribution in [1.82, 2.24) is 15.0 Å². The first-order valence-electron chi connectivity index (χ1n) is 3.40. The third kappa shape index (κ3) is 6.22. The molecule has 1 rings (SSSR count). The summed E-state index contributed by atoms with van der Waals surface area (Å²) < 4.78 is 0. The molecule has 0 atom stereocenters. The molecule has 0 aromatic carbocycles. The van der Waals surface area contributed by atoms with E-state index in [1.807, 2.05) is 20.8 Å². The van der Waals surface area contributed by atoms with Crippen LogP contribution in [0.2, 0.25) is 0 Å². The summed E-state index contributed by atoms with van der Waals surface area (Å²) in [6.45, 7) is 5.80. The van der Waals surface area contributed by atoms with Gasteiger partial charge in [0.2, 0.25) is 0 Å². The fraction of sp³-hybridized carbons (Fsp3) is 0.556. The molecule has 0 aliphatic heterocycles. The van der Waals surface area contributed by atoms with Crippen LogP contribution >= 0.6 is 0 Å². The SMILES string of the molecule is C.CCc1nc(C)nc(C)n1.[CH3-].[Y]. The van der Waals surface area contributed by atoms with Gasteiger partial charge in [0.1, 0.15) is 17.5 Å². The van der Waals surface area contributed by atoms with Crippen LogP contribution in [0.5, 0.6) is 0 Å². The van der Waals surface area contributed by atoms with Gasteiger partial charge in [-0.25, -0.2) is 15.0 Å². The van der Waals surface area contributed by atoms with Crippen molar-refractivity contribution >= 4 is 0 Å². The Balaban J connectivity index is -0.000000333. The van der Waals surface area contributed by atoms with Crippen LogP contribution in [-0.4, -0.2) is 15.0 Å². The Morgan fingerprint density at radius 2 is 1.38 bits per heavy atom.